The average molecular weight is 302 g/mol. The van der Waals surface area contributed by atoms with Crippen LogP contribution in [0.25, 0.3) is 10.1 Å². The summed E-state index contributed by atoms with van der Waals surface area (Å²) in [6.45, 7) is 2.83. The van der Waals surface area contributed by atoms with Gasteiger partial charge in [0.2, 0.25) is 0 Å². The summed E-state index contributed by atoms with van der Waals surface area (Å²) in [4.78, 5) is 0. The number of hydrogen-bond donors (Lipinski definition) is 1. The minimum absolute atomic E-state index is 0.0120. The summed E-state index contributed by atoms with van der Waals surface area (Å²) in [6, 6.07) is 16.7. The van der Waals surface area contributed by atoms with Gasteiger partial charge in [0.1, 0.15) is 0 Å². The molecule has 1 atom stereocenters. The Kier molecular flexibility index (Phi) is 3.95. The summed E-state index contributed by atoms with van der Waals surface area (Å²) in [6.07, 6.45) is 0. The molecule has 3 heteroatoms. The second-order valence-electron chi connectivity index (χ2n) is 4.81. The molecule has 3 rings (SSSR count). The van der Waals surface area contributed by atoms with E-state index in [0.717, 1.165) is 17.8 Å². The Balaban J connectivity index is 1.83. The van der Waals surface area contributed by atoms with Gasteiger partial charge in [0, 0.05) is 16.9 Å². The number of alkyl halides is 1. The second kappa shape index (κ2) is 5.86. The second-order valence-corrected chi connectivity index (χ2v) is 6.38. The molecule has 1 aromatic heterocycles. The summed E-state index contributed by atoms with van der Waals surface area (Å²) in [7, 11) is 0. The van der Waals surface area contributed by atoms with Crippen LogP contribution in [0.5, 0.6) is 0 Å². The first-order valence-corrected chi connectivity index (χ1v) is 7.99. The molecular formula is C17H16ClNS. The van der Waals surface area contributed by atoms with Gasteiger partial charge in [-0.3, -0.25) is 0 Å². The van der Waals surface area contributed by atoms with Crippen LogP contribution >= 0.6 is 22.9 Å². The molecule has 0 aliphatic heterocycles. The number of para-hydroxylation sites is 1. The third kappa shape index (κ3) is 2.67. The van der Waals surface area contributed by atoms with E-state index in [4.69, 9.17) is 11.6 Å². The van der Waals surface area contributed by atoms with Crippen LogP contribution in [0.1, 0.15) is 23.4 Å². The van der Waals surface area contributed by atoms with Crippen molar-refractivity contribution in [3.05, 3.63) is 65.0 Å². The fourth-order valence-electron chi connectivity index (χ4n) is 2.37. The van der Waals surface area contributed by atoms with E-state index in [1.807, 2.05) is 19.1 Å². The zero-order valence-electron chi connectivity index (χ0n) is 11.3. The molecule has 102 valence electrons. The Labute approximate surface area is 128 Å². The highest BCUT2D eigenvalue weighted by Crippen LogP contribution is 2.29. The smallest absolute Gasteiger partial charge is 0.0577 e. The van der Waals surface area contributed by atoms with Crippen molar-refractivity contribution >= 4 is 38.7 Å². The predicted molar refractivity (Wildman–Crippen MR) is 89.9 cm³/mol. The van der Waals surface area contributed by atoms with Gasteiger partial charge >= 0.3 is 0 Å². The van der Waals surface area contributed by atoms with Gasteiger partial charge in [-0.2, -0.15) is 0 Å². The van der Waals surface area contributed by atoms with Crippen LogP contribution in [0, 0.1) is 0 Å². The lowest BCUT2D eigenvalue weighted by atomic mass is 10.1. The molecule has 1 nitrogen and oxygen atoms in total. The zero-order chi connectivity index (χ0) is 13.9. The first-order valence-electron chi connectivity index (χ1n) is 6.67. The van der Waals surface area contributed by atoms with Crippen LogP contribution < -0.4 is 5.32 Å². The Hall–Kier alpha value is -1.51. The summed E-state index contributed by atoms with van der Waals surface area (Å²) in [5, 5.41) is 7.08. The maximum atomic E-state index is 6.23. The first kappa shape index (κ1) is 13.5. The van der Waals surface area contributed by atoms with Crippen molar-refractivity contribution in [3.63, 3.8) is 0 Å². The van der Waals surface area contributed by atoms with Crippen molar-refractivity contribution in [2.45, 2.75) is 18.8 Å². The van der Waals surface area contributed by atoms with Crippen LogP contribution in [0.15, 0.2) is 53.9 Å². The molecule has 0 fully saturated rings. The number of halogens is 1. The molecule has 0 radical (unpaired) electrons. The predicted octanol–water partition coefficient (Wildman–Crippen LogP) is 5.81. The summed E-state index contributed by atoms with van der Waals surface area (Å²) >= 11 is 8.02. The van der Waals surface area contributed by atoms with Gasteiger partial charge in [-0.05, 0) is 40.9 Å². The fourth-order valence-corrected chi connectivity index (χ4v) is 3.52. The van der Waals surface area contributed by atoms with E-state index in [-0.39, 0.29) is 5.38 Å². The highest BCUT2D eigenvalue weighted by molar-refractivity contribution is 7.17. The lowest BCUT2D eigenvalue weighted by Crippen LogP contribution is -2.02. The van der Waals surface area contributed by atoms with Gasteiger partial charge in [-0.15, -0.1) is 22.9 Å². The molecule has 0 spiro atoms. The third-order valence-corrected chi connectivity index (χ3v) is 4.67. The van der Waals surface area contributed by atoms with E-state index < -0.39 is 0 Å². The Morgan fingerprint density at radius 3 is 2.70 bits per heavy atom. The van der Waals surface area contributed by atoms with E-state index >= 15 is 0 Å². The lowest BCUT2D eigenvalue weighted by Gasteiger charge is -2.13. The van der Waals surface area contributed by atoms with Crippen molar-refractivity contribution in [2.24, 2.45) is 0 Å². The van der Waals surface area contributed by atoms with E-state index in [1.54, 1.807) is 11.3 Å². The molecule has 0 bridgehead atoms. The maximum absolute atomic E-state index is 6.23. The third-order valence-electron chi connectivity index (χ3n) is 3.42. The van der Waals surface area contributed by atoms with E-state index in [1.165, 1.54) is 15.6 Å². The Morgan fingerprint density at radius 2 is 1.85 bits per heavy atom. The van der Waals surface area contributed by atoms with E-state index in [2.05, 4.69) is 47.1 Å². The van der Waals surface area contributed by atoms with Crippen LogP contribution in [-0.2, 0) is 6.54 Å². The number of fused-ring (bicyclic) bond motifs is 1. The van der Waals surface area contributed by atoms with Crippen LogP contribution in [0.3, 0.4) is 0 Å². The van der Waals surface area contributed by atoms with Crippen molar-refractivity contribution in [1.82, 2.24) is 0 Å². The average Bonchev–Trinajstić information content (AvgIpc) is 2.88. The number of rotatable bonds is 4. The van der Waals surface area contributed by atoms with Crippen molar-refractivity contribution in [2.75, 3.05) is 5.32 Å². The minimum Gasteiger partial charge on any atom is -0.381 e. The first-order chi connectivity index (χ1) is 9.75. The topological polar surface area (TPSA) is 12.0 Å². The van der Waals surface area contributed by atoms with Gasteiger partial charge in [-0.1, -0.05) is 36.4 Å². The summed E-state index contributed by atoms with van der Waals surface area (Å²) < 4.78 is 1.34. The maximum Gasteiger partial charge on any atom is 0.0577 e. The van der Waals surface area contributed by atoms with Gasteiger partial charge in [0.25, 0.3) is 0 Å². The van der Waals surface area contributed by atoms with E-state index in [9.17, 15) is 0 Å². The molecule has 1 heterocycles. The number of nitrogens with one attached hydrogen (secondary N) is 1. The molecule has 0 amide bonds. The van der Waals surface area contributed by atoms with Crippen LogP contribution in [0.4, 0.5) is 5.69 Å². The number of hydrogen-bond acceptors (Lipinski definition) is 2. The highest BCUT2D eigenvalue weighted by Gasteiger charge is 2.08. The number of anilines is 1. The van der Waals surface area contributed by atoms with Gasteiger partial charge in [-0.25, -0.2) is 0 Å². The highest BCUT2D eigenvalue weighted by atomic mass is 35.5. The number of thiophene rings is 1. The summed E-state index contributed by atoms with van der Waals surface area (Å²) in [5.41, 5.74) is 3.60. The quantitative estimate of drug-likeness (QED) is 0.599. The molecule has 1 N–H and O–H groups in total. The lowest BCUT2D eigenvalue weighted by molar-refractivity contribution is 1.06. The minimum atomic E-state index is 0.0120. The molecule has 0 saturated carbocycles. The molecule has 2 aromatic carbocycles. The molecule has 0 saturated heterocycles. The van der Waals surface area contributed by atoms with Crippen molar-refractivity contribution < 1.29 is 0 Å². The molecule has 3 aromatic rings. The van der Waals surface area contributed by atoms with Crippen LogP contribution in [-0.4, -0.2) is 0 Å². The van der Waals surface area contributed by atoms with E-state index in [0.29, 0.717) is 0 Å². The van der Waals surface area contributed by atoms with Crippen molar-refractivity contribution in [3.8, 4) is 0 Å². The molecule has 0 aliphatic rings. The van der Waals surface area contributed by atoms with Crippen LogP contribution in [0.2, 0.25) is 0 Å². The molecule has 1 unspecified atom stereocenters. The Morgan fingerprint density at radius 1 is 1.10 bits per heavy atom. The summed E-state index contributed by atoms with van der Waals surface area (Å²) in [5.74, 6) is 0. The zero-order valence-corrected chi connectivity index (χ0v) is 12.8. The largest absolute Gasteiger partial charge is 0.381 e. The molecule has 20 heavy (non-hydrogen) atoms. The normalized spacial score (nSPS) is 12.5. The van der Waals surface area contributed by atoms with Gasteiger partial charge < -0.3 is 5.32 Å². The van der Waals surface area contributed by atoms with Gasteiger partial charge in [0.15, 0.2) is 0 Å². The SMILES string of the molecule is CC(Cl)c1ccccc1NCc1csc2ccccc12. The molecular weight excluding hydrogens is 286 g/mol. The Bertz CT molecular complexity index is 718. The molecule has 0 aliphatic carbocycles. The monoisotopic (exact) mass is 301 g/mol. The number of benzene rings is 2. The van der Waals surface area contributed by atoms with Gasteiger partial charge in [0.05, 0.1) is 5.38 Å². The van der Waals surface area contributed by atoms with Crippen molar-refractivity contribution in [1.29, 1.82) is 0 Å². The standard InChI is InChI=1S/C17H16ClNS/c1-12(18)14-6-2-4-8-16(14)19-10-13-11-20-17-9-5-3-7-15(13)17/h2-9,11-12,19H,10H2,1H3. The fraction of sp³-hybridized carbons (Fsp3) is 0.176.